The molecule has 1 fully saturated rings. The summed E-state index contributed by atoms with van der Waals surface area (Å²) in [7, 11) is 0. The summed E-state index contributed by atoms with van der Waals surface area (Å²) in [6.07, 6.45) is 0. The van der Waals surface area contributed by atoms with Gasteiger partial charge in [-0.2, -0.15) is 0 Å². The average Bonchev–Trinajstić information content (AvgIpc) is 3.23. The molecule has 7 nitrogen and oxygen atoms in total. The van der Waals surface area contributed by atoms with Crippen molar-refractivity contribution in [3.63, 3.8) is 0 Å². The molecule has 0 aliphatic carbocycles. The van der Waals surface area contributed by atoms with Gasteiger partial charge >= 0.3 is 6.03 Å². The number of para-hydroxylation sites is 2. The number of carbonyl (C=O) groups is 2. The molecule has 1 aromatic heterocycles. The van der Waals surface area contributed by atoms with Gasteiger partial charge in [0.15, 0.2) is 5.13 Å². The Morgan fingerprint density at radius 2 is 1.52 bits per heavy atom. The second-order valence-electron chi connectivity index (χ2n) is 6.60. The monoisotopic (exact) mass is 407 g/mol. The lowest BCUT2D eigenvalue weighted by molar-refractivity contribution is 0.0741. The zero-order valence-corrected chi connectivity index (χ0v) is 16.6. The van der Waals surface area contributed by atoms with Gasteiger partial charge in [-0.25, -0.2) is 9.78 Å². The minimum atomic E-state index is -0.388. The maximum atomic E-state index is 12.8. The van der Waals surface area contributed by atoms with Gasteiger partial charge in [-0.05, 0) is 24.3 Å². The fraction of sp³-hybridized carbons (Fsp3) is 0.190. The number of hydrogen-bond donors (Lipinski definition) is 2. The minimum absolute atomic E-state index is 0.106. The molecular weight excluding hydrogens is 386 g/mol. The van der Waals surface area contributed by atoms with E-state index >= 15 is 0 Å². The molecule has 2 heterocycles. The summed E-state index contributed by atoms with van der Waals surface area (Å²) in [5.74, 6) is -0.106. The minimum Gasteiger partial charge on any atom is -0.368 e. The zero-order chi connectivity index (χ0) is 20.1. The predicted octanol–water partition coefficient (Wildman–Crippen LogP) is 3.75. The molecule has 0 saturated carbocycles. The highest BCUT2D eigenvalue weighted by atomic mass is 32.1. The number of amides is 3. The van der Waals surface area contributed by atoms with Crippen molar-refractivity contribution in [3.8, 4) is 0 Å². The van der Waals surface area contributed by atoms with Gasteiger partial charge in [0.2, 0.25) is 0 Å². The molecule has 0 bridgehead atoms. The van der Waals surface area contributed by atoms with Gasteiger partial charge in [-0.15, -0.1) is 11.3 Å². The molecule has 1 aliphatic heterocycles. The third kappa shape index (κ3) is 4.72. The maximum Gasteiger partial charge on any atom is 0.325 e. The van der Waals surface area contributed by atoms with Crippen molar-refractivity contribution >= 4 is 39.8 Å². The van der Waals surface area contributed by atoms with E-state index in [0.29, 0.717) is 29.6 Å². The van der Waals surface area contributed by atoms with Gasteiger partial charge in [0.05, 0.1) is 0 Å². The molecule has 1 aliphatic rings. The first-order valence-corrected chi connectivity index (χ1v) is 10.2. The van der Waals surface area contributed by atoms with Gasteiger partial charge in [0, 0.05) is 42.9 Å². The molecule has 4 rings (SSSR count). The SMILES string of the molecule is O=C(Nc1ccccc1)Nc1nc(C(=O)N2CCN(c3ccccc3)CC2)cs1. The summed E-state index contributed by atoms with van der Waals surface area (Å²) >= 11 is 1.24. The van der Waals surface area contributed by atoms with Crippen molar-refractivity contribution in [2.75, 3.05) is 41.7 Å². The lowest BCUT2D eigenvalue weighted by Crippen LogP contribution is -2.48. The fourth-order valence-corrected chi connectivity index (χ4v) is 3.86. The highest BCUT2D eigenvalue weighted by Crippen LogP contribution is 2.20. The smallest absolute Gasteiger partial charge is 0.325 e. The van der Waals surface area contributed by atoms with Crippen LogP contribution in [0.1, 0.15) is 10.5 Å². The van der Waals surface area contributed by atoms with E-state index in [1.807, 2.05) is 41.3 Å². The number of benzene rings is 2. The van der Waals surface area contributed by atoms with Crippen LogP contribution in [0, 0.1) is 0 Å². The molecule has 2 N–H and O–H groups in total. The first-order chi connectivity index (χ1) is 14.2. The number of urea groups is 1. The van der Waals surface area contributed by atoms with Crippen LogP contribution in [0.4, 0.5) is 21.3 Å². The average molecular weight is 407 g/mol. The fourth-order valence-electron chi connectivity index (χ4n) is 3.18. The van der Waals surface area contributed by atoms with Crippen LogP contribution >= 0.6 is 11.3 Å². The molecule has 29 heavy (non-hydrogen) atoms. The molecule has 0 radical (unpaired) electrons. The van der Waals surface area contributed by atoms with Crippen LogP contribution in [0.5, 0.6) is 0 Å². The van der Waals surface area contributed by atoms with Crippen molar-refractivity contribution in [3.05, 3.63) is 71.7 Å². The van der Waals surface area contributed by atoms with E-state index in [2.05, 4.69) is 32.7 Å². The highest BCUT2D eigenvalue weighted by molar-refractivity contribution is 7.14. The van der Waals surface area contributed by atoms with E-state index in [-0.39, 0.29) is 11.9 Å². The quantitative estimate of drug-likeness (QED) is 0.691. The van der Waals surface area contributed by atoms with Crippen LogP contribution in [0.15, 0.2) is 66.0 Å². The number of nitrogens with zero attached hydrogens (tertiary/aromatic N) is 3. The number of thiazole rings is 1. The normalized spacial score (nSPS) is 13.8. The van der Waals surface area contributed by atoms with Crippen molar-refractivity contribution in [1.29, 1.82) is 0 Å². The van der Waals surface area contributed by atoms with Crippen molar-refractivity contribution in [2.45, 2.75) is 0 Å². The Bertz CT molecular complexity index is 969. The molecule has 8 heteroatoms. The van der Waals surface area contributed by atoms with Crippen molar-refractivity contribution < 1.29 is 9.59 Å². The van der Waals surface area contributed by atoms with E-state index in [9.17, 15) is 9.59 Å². The van der Waals surface area contributed by atoms with Crippen LogP contribution in [-0.4, -0.2) is 48.0 Å². The second-order valence-corrected chi connectivity index (χ2v) is 7.46. The molecule has 2 aromatic carbocycles. The first-order valence-electron chi connectivity index (χ1n) is 9.37. The van der Waals surface area contributed by atoms with Crippen molar-refractivity contribution in [2.24, 2.45) is 0 Å². The Kier molecular flexibility index (Phi) is 5.71. The number of rotatable bonds is 4. The van der Waals surface area contributed by atoms with Crippen LogP contribution < -0.4 is 15.5 Å². The Morgan fingerprint density at radius 1 is 0.862 bits per heavy atom. The zero-order valence-electron chi connectivity index (χ0n) is 15.7. The summed E-state index contributed by atoms with van der Waals surface area (Å²) in [4.78, 5) is 33.2. The summed E-state index contributed by atoms with van der Waals surface area (Å²) in [6, 6.07) is 19.0. The number of anilines is 3. The number of carbonyl (C=O) groups excluding carboxylic acids is 2. The number of nitrogens with one attached hydrogen (secondary N) is 2. The largest absolute Gasteiger partial charge is 0.368 e. The Morgan fingerprint density at radius 3 is 2.21 bits per heavy atom. The first kappa shape index (κ1) is 18.9. The summed E-state index contributed by atoms with van der Waals surface area (Å²) < 4.78 is 0. The van der Waals surface area contributed by atoms with Crippen LogP contribution in [-0.2, 0) is 0 Å². The predicted molar refractivity (Wildman–Crippen MR) is 116 cm³/mol. The summed E-state index contributed by atoms with van der Waals surface area (Å²) in [5, 5.41) is 7.48. The Labute approximate surface area is 173 Å². The molecule has 1 saturated heterocycles. The number of hydrogen-bond acceptors (Lipinski definition) is 5. The molecular formula is C21H21N5O2S. The van der Waals surface area contributed by atoms with Crippen LogP contribution in [0.3, 0.4) is 0 Å². The van der Waals surface area contributed by atoms with E-state index in [1.165, 1.54) is 17.0 Å². The molecule has 0 spiro atoms. The third-order valence-electron chi connectivity index (χ3n) is 4.66. The topological polar surface area (TPSA) is 77.6 Å². The number of piperazine rings is 1. The van der Waals surface area contributed by atoms with Gasteiger partial charge in [0.25, 0.3) is 5.91 Å². The van der Waals surface area contributed by atoms with E-state index in [1.54, 1.807) is 17.5 Å². The third-order valence-corrected chi connectivity index (χ3v) is 5.42. The van der Waals surface area contributed by atoms with E-state index in [0.717, 1.165) is 13.1 Å². The summed E-state index contributed by atoms with van der Waals surface area (Å²) in [6.45, 7) is 2.85. The van der Waals surface area contributed by atoms with Crippen LogP contribution in [0.2, 0.25) is 0 Å². The molecule has 0 unspecified atom stereocenters. The highest BCUT2D eigenvalue weighted by Gasteiger charge is 2.24. The molecule has 3 amide bonds. The molecule has 148 valence electrons. The number of aromatic nitrogens is 1. The lowest BCUT2D eigenvalue weighted by atomic mass is 10.2. The Balaban J connectivity index is 1.31. The standard InChI is InChI=1S/C21H21N5O2S/c27-19(26-13-11-25(12-14-26)17-9-5-2-6-10-17)18-15-29-21(23-18)24-20(28)22-16-7-3-1-4-8-16/h1-10,15H,11-14H2,(H2,22,23,24,28). The van der Waals surface area contributed by atoms with Gasteiger partial charge in [0.1, 0.15) is 5.69 Å². The van der Waals surface area contributed by atoms with Gasteiger partial charge < -0.3 is 15.1 Å². The molecule has 3 aromatic rings. The van der Waals surface area contributed by atoms with Crippen LogP contribution in [0.25, 0.3) is 0 Å². The second kappa shape index (κ2) is 8.74. The lowest BCUT2D eigenvalue weighted by Gasteiger charge is -2.35. The summed E-state index contributed by atoms with van der Waals surface area (Å²) in [5.41, 5.74) is 2.22. The van der Waals surface area contributed by atoms with Gasteiger partial charge in [-0.3, -0.25) is 10.1 Å². The van der Waals surface area contributed by atoms with E-state index in [4.69, 9.17) is 0 Å². The van der Waals surface area contributed by atoms with Crippen molar-refractivity contribution in [1.82, 2.24) is 9.88 Å². The van der Waals surface area contributed by atoms with E-state index < -0.39 is 0 Å². The maximum absolute atomic E-state index is 12.8. The van der Waals surface area contributed by atoms with Gasteiger partial charge in [-0.1, -0.05) is 36.4 Å². The Hall–Kier alpha value is -3.39. The molecule has 0 atom stereocenters.